The van der Waals surface area contributed by atoms with Crippen molar-refractivity contribution in [2.45, 2.75) is 19.4 Å². The Kier molecular flexibility index (Phi) is 4.09. The van der Waals surface area contributed by atoms with E-state index in [-0.39, 0.29) is 11.8 Å². The van der Waals surface area contributed by atoms with Gasteiger partial charge in [-0.15, -0.1) is 0 Å². The second kappa shape index (κ2) is 5.77. The van der Waals surface area contributed by atoms with Crippen LogP contribution in [0, 0.1) is 5.92 Å². The van der Waals surface area contributed by atoms with Crippen LogP contribution in [0.2, 0.25) is 0 Å². The first-order valence-corrected chi connectivity index (χ1v) is 6.11. The van der Waals surface area contributed by atoms with Gasteiger partial charge in [0.2, 0.25) is 5.91 Å². The quantitative estimate of drug-likeness (QED) is 0.848. The zero-order chi connectivity index (χ0) is 12.1. The van der Waals surface area contributed by atoms with E-state index in [2.05, 4.69) is 22.2 Å². The number of pyridine rings is 1. The molecule has 1 aliphatic heterocycles. The van der Waals surface area contributed by atoms with E-state index in [1.54, 1.807) is 12.4 Å². The molecule has 1 N–H and O–H groups in total. The molecule has 4 heteroatoms. The lowest BCUT2D eigenvalue weighted by Crippen LogP contribution is -2.41. The highest BCUT2D eigenvalue weighted by atomic mass is 16.1. The minimum atomic E-state index is 0.144. The van der Waals surface area contributed by atoms with Crippen LogP contribution in [0.3, 0.4) is 0 Å². The zero-order valence-corrected chi connectivity index (χ0v) is 10.2. The van der Waals surface area contributed by atoms with E-state index in [0.29, 0.717) is 6.54 Å². The minimum Gasteiger partial charge on any atom is -0.352 e. The number of likely N-dealkylation sites (tertiary alicyclic amines) is 1. The normalized spacial score (nSPS) is 21.1. The summed E-state index contributed by atoms with van der Waals surface area (Å²) in [7, 11) is 2.07. The number of amides is 1. The fourth-order valence-corrected chi connectivity index (χ4v) is 2.22. The van der Waals surface area contributed by atoms with E-state index in [0.717, 1.165) is 31.5 Å². The highest BCUT2D eigenvalue weighted by molar-refractivity contribution is 5.78. The Hall–Kier alpha value is -1.42. The molecule has 0 bridgehead atoms. The molecule has 4 nitrogen and oxygen atoms in total. The van der Waals surface area contributed by atoms with Gasteiger partial charge < -0.3 is 10.2 Å². The molecule has 1 atom stereocenters. The largest absolute Gasteiger partial charge is 0.352 e. The fraction of sp³-hybridized carbons (Fsp3) is 0.538. The predicted molar refractivity (Wildman–Crippen MR) is 66.3 cm³/mol. The maximum absolute atomic E-state index is 12.0. The first-order valence-electron chi connectivity index (χ1n) is 6.11. The van der Waals surface area contributed by atoms with Crippen molar-refractivity contribution in [2.75, 3.05) is 20.1 Å². The summed E-state index contributed by atoms with van der Waals surface area (Å²) in [5.74, 6) is 0.311. The van der Waals surface area contributed by atoms with Gasteiger partial charge in [0.1, 0.15) is 0 Å². The summed E-state index contributed by atoms with van der Waals surface area (Å²) in [6.45, 7) is 2.55. The standard InChI is InChI=1S/C13H19N3O/c1-16-7-3-5-12(10-16)13(17)15-9-11-4-2-6-14-8-11/h2,4,6,8,12H,3,5,7,9-10H2,1H3,(H,15,17). The van der Waals surface area contributed by atoms with E-state index in [4.69, 9.17) is 0 Å². The Morgan fingerprint density at radius 3 is 3.24 bits per heavy atom. The fourth-order valence-electron chi connectivity index (χ4n) is 2.22. The first-order chi connectivity index (χ1) is 8.25. The molecule has 1 fully saturated rings. The number of piperidine rings is 1. The van der Waals surface area contributed by atoms with Crippen molar-refractivity contribution < 1.29 is 4.79 Å². The Morgan fingerprint density at radius 1 is 1.65 bits per heavy atom. The van der Waals surface area contributed by atoms with Gasteiger partial charge >= 0.3 is 0 Å². The van der Waals surface area contributed by atoms with Crippen molar-refractivity contribution in [3.05, 3.63) is 30.1 Å². The van der Waals surface area contributed by atoms with Crippen molar-refractivity contribution in [1.29, 1.82) is 0 Å². The molecule has 1 unspecified atom stereocenters. The molecule has 0 spiro atoms. The average molecular weight is 233 g/mol. The molecule has 1 aromatic rings. The summed E-state index contributed by atoms with van der Waals surface area (Å²) in [6.07, 6.45) is 5.64. The molecule has 17 heavy (non-hydrogen) atoms. The topological polar surface area (TPSA) is 45.2 Å². The van der Waals surface area contributed by atoms with Crippen LogP contribution in [0.5, 0.6) is 0 Å². The Labute approximate surface area is 102 Å². The van der Waals surface area contributed by atoms with Crippen LogP contribution in [-0.4, -0.2) is 35.9 Å². The van der Waals surface area contributed by atoms with Gasteiger partial charge in [0.25, 0.3) is 0 Å². The van der Waals surface area contributed by atoms with Crippen LogP contribution in [-0.2, 0) is 11.3 Å². The first kappa shape index (κ1) is 12.0. The van der Waals surface area contributed by atoms with Gasteiger partial charge in [0.05, 0.1) is 5.92 Å². The molecule has 92 valence electrons. The van der Waals surface area contributed by atoms with Crippen LogP contribution in [0.15, 0.2) is 24.5 Å². The van der Waals surface area contributed by atoms with Crippen LogP contribution < -0.4 is 5.32 Å². The smallest absolute Gasteiger partial charge is 0.224 e. The van der Waals surface area contributed by atoms with Crippen LogP contribution >= 0.6 is 0 Å². The monoisotopic (exact) mass is 233 g/mol. The Bertz CT molecular complexity index is 366. The molecule has 1 amide bonds. The average Bonchev–Trinajstić information content (AvgIpc) is 2.37. The molecule has 1 aliphatic rings. The number of rotatable bonds is 3. The van der Waals surface area contributed by atoms with Gasteiger partial charge in [-0.3, -0.25) is 9.78 Å². The molecule has 0 aromatic carbocycles. The molecule has 0 aliphatic carbocycles. The van der Waals surface area contributed by atoms with E-state index in [9.17, 15) is 4.79 Å². The van der Waals surface area contributed by atoms with Gasteiger partial charge in [0, 0.05) is 25.5 Å². The van der Waals surface area contributed by atoms with Crippen molar-refractivity contribution in [1.82, 2.24) is 15.2 Å². The molecular weight excluding hydrogens is 214 g/mol. The van der Waals surface area contributed by atoms with Gasteiger partial charge in [-0.05, 0) is 38.1 Å². The van der Waals surface area contributed by atoms with Crippen LogP contribution in [0.4, 0.5) is 0 Å². The van der Waals surface area contributed by atoms with Gasteiger partial charge in [-0.2, -0.15) is 0 Å². The molecule has 0 radical (unpaired) electrons. The third-order valence-electron chi connectivity index (χ3n) is 3.18. The third kappa shape index (κ3) is 3.53. The van der Waals surface area contributed by atoms with Gasteiger partial charge in [-0.1, -0.05) is 6.07 Å². The molecule has 0 saturated carbocycles. The molecule has 1 aromatic heterocycles. The third-order valence-corrected chi connectivity index (χ3v) is 3.18. The highest BCUT2D eigenvalue weighted by Crippen LogP contribution is 2.15. The molecule has 1 saturated heterocycles. The number of nitrogens with one attached hydrogen (secondary N) is 1. The summed E-state index contributed by atoms with van der Waals surface area (Å²) in [5, 5.41) is 2.98. The SMILES string of the molecule is CN1CCCC(C(=O)NCc2cccnc2)C1. The number of hydrogen-bond acceptors (Lipinski definition) is 3. The lowest BCUT2D eigenvalue weighted by Gasteiger charge is -2.28. The summed E-state index contributed by atoms with van der Waals surface area (Å²) < 4.78 is 0. The van der Waals surface area contributed by atoms with Crippen molar-refractivity contribution in [3.63, 3.8) is 0 Å². The number of nitrogens with zero attached hydrogens (tertiary/aromatic N) is 2. The summed E-state index contributed by atoms with van der Waals surface area (Å²) in [6, 6.07) is 3.86. The van der Waals surface area contributed by atoms with Crippen LogP contribution in [0.1, 0.15) is 18.4 Å². The maximum Gasteiger partial charge on any atom is 0.224 e. The predicted octanol–water partition coefficient (Wildman–Crippen LogP) is 1.04. The maximum atomic E-state index is 12.0. The highest BCUT2D eigenvalue weighted by Gasteiger charge is 2.23. The number of carbonyl (C=O) groups excluding carboxylic acids is 1. The number of aromatic nitrogens is 1. The van der Waals surface area contributed by atoms with Crippen LogP contribution in [0.25, 0.3) is 0 Å². The summed E-state index contributed by atoms with van der Waals surface area (Å²) in [5.41, 5.74) is 1.05. The zero-order valence-electron chi connectivity index (χ0n) is 10.2. The van der Waals surface area contributed by atoms with E-state index < -0.39 is 0 Å². The minimum absolute atomic E-state index is 0.144. The van der Waals surface area contributed by atoms with Crippen molar-refractivity contribution in [2.24, 2.45) is 5.92 Å². The van der Waals surface area contributed by atoms with E-state index in [1.165, 1.54) is 0 Å². The number of hydrogen-bond donors (Lipinski definition) is 1. The second-order valence-corrected chi connectivity index (χ2v) is 4.68. The number of carbonyl (C=O) groups is 1. The summed E-state index contributed by atoms with van der Waals surface area (Å²) >= 11 is 0. The second-order valence-electron chi connectivity index (χ2n) is 4.68. The van der Waals surface area contributed by atoms with E-state index in [1.807, 2.05) is 12.1 Å². The van der Waals surface area contributed by atoms with Crippen molar-refractivity contribution >= 4 is 5.91 Å². The van der Waals surface area contributed by atoms with Gasteiger partial charge in [0.15, 0.2) is 0 Å². The van der Waals surface area contributed by atoms with Gasteiger partial charge in [-0.25, -0.2) is 0 Å². The lowest BCUT2D eigenvalue weighted by atomic mass is 9.97. The Morgan fingerprint density at radius 2 is 2.53 bits per heavy atom. The summed E-state index contributed by atoms with van der Waals surface area (Å²) in [4.78, 5) is 18.2. The molecular formula is C13H19N3O. The lowest BCUT2D eigenvalue weighted by molar-refractivity contribution is -0.126. The Balaban J connectivity index is 1.81. The van der Waals surface area contributed by atoms with Crippen molar-refractivity contribution in [3.8, 4) is 0 Å². The molecule has 2 heterocycles. The van der Waals surface area contributed by atoms with E-state index >= 15 is 0 Å². The molecule has 2 rings (SSSR count).